The number of hydrogen-bond donors (Lipinski definition) is 2. The molecular formula is C15H32N2. The highest BCUT2D eigenvalue weighted by Crippen LogP contribution is 2.51. The van der Waals surface area contributed by atoms with Crippen LogP contribution in [0.1, 0.15) is 59.8 Å². The van der Waals surface area contributed by atoms with Gasteiger partial charge in [-0.2, -0.15) is 0 Å². The van der Waals surface area contributed by atoms with Gasteiger partial charge in [0, 0.05) is 6.54 Å². The largest absolute Gasteiger partial charge is 0.330 e. The lowest BCUT2D eigenvalue weighted by Gasteiger charge is -2.24. The molecule has 0 unspecified atom stereocenters. The van der Waals surface area contributed by atoms with Crippen molar-refractivity contribution in [1.82, 2.24) is 5.32 Å². The van der Waals surface area contributed by atoms with Gasteiger partial charge in [-0.1, -0.05) is 27.7 Å². The van der Waals surface area contributed by atoms with Gasteiger partial charge in [-0.15, -0.1) is 0 Å². The van der Waals surface area contributed by atoms with E-state index < -0.39 is 0 Å². The molecule has 2 heteroatoms. The molecule has 1 saturated carbocycles. The Morgan fingerprint density at radius 2 is 1.88 bits per heavy atom. The summed E-state index contributed by atoms with van der Waals surface area (Å²) in [6.07, 6.45) is 6.56. The molecule has 0 aromatic heterocycles. The maximum absolute atomic E-state index is 5.63. The van der Waals surface area contributed by atoms with Crippen LogP contribution in [0.2, 0.25) is 0 Å². The molecule has 17 heavy (non-hydrogen) atoms. The summed E-state index contributed by atoms with van der Waals surface area (Å²) < 4.78 is 0. The van der Waals surface area contributed by atoms with Crippen molar-refractivity contribution in [3.8, 4) is 0 Å². The van der Waals surface area contributed by atoms with E-state index >= 15 is 0 Å². The minimum atomic E-state index is 0.422. The van der Waals surface area contributed by atoms with Crippen molar-refractivity contribution in [2.24, 2.45) is 22.5 Å². The number of nitrogens with two attached hydrogens (primary N) is 1. The normalized spacial score (nSPS) is 18.7. The topological polar surface area (TPSA) is 38.0 Å². The van der Waals surface area contributed by atoms with E-state index in [0.29, 0.717) is 10.8 Å². The monoisotopic (exact) mass is 240 g/mol. The number of rotatable bonds is 9. The van der Waals surface area contributed by atoms with E-state index in [0.717, 1.165) is 18.9 Å². The predicted octanol–water partition coefficient (Wildman–Crippen LogP) is 3.17. The fourth-order valence-electron chi connectivity index (χ4n) is 2.66. The summed E-state index contributed by atoms with van der Waals surface area (Å²) in [7, 11) is 0. The Kier molecular flexibility index (Phi) is 5.46. The average Bonchev–Trinajstić information content (AvgIpc) is 2.98. The Morgan fingerprint density at radius 3 is 2.35 bits per heavy atom. The molecule has 2 nitrogen and oxygen atoms in total. The highest BCUT2D eigenvalue weighted by molar-refractivity contribution is 4.96. The Balaban J connectivity index is 2.05. The van der Waals surface area contributed by atoms with Crippen LogP contribution in [0.25, 0.3) is 0 Å². The van der Waals surface area contributed by atoms with Gasteiger partial charge in [-0.05, 0) is 61.9 Å². The second-order valence-corrected chi connectivity index (χ2v) is 7.00. The first-order valence-electron chi connectivity index (χ1n) is 7.33. The minimum Gasteiger partial charge on any atom is -0.330 e. The second kappa shape index (κ2) is 6.19. The van der Waals surface area contributed by atoms with Crippen LogP contribution in [0.15, 0.2) is 0 Å². The Hall–Kier alpha value is -0.0800. The zero-order chi connectivity index (χ0) is 12.9. The molecule has 0 amide bonds. The van der Waals surface area contributed by atoms with Crippen molar-refractivity contribution in [2.45, 2.75) is 59.8 Å². The smallest absolute Gasteiger partial charge is 0.00103 e. The second-order valence-electron chi connectivity index (χ2n) is 7.00. The summed E-state index contributed by atoms with van der Waals surface area (Å²) >= 11 is 0. The van der Waals surface area contributed by atoms with Crippen LogP contribution in [-0.2, 0) is 0 Å². The van der Waals surface area contributed by atoms with Crippen molar-refractivity contribution < 1.29 is 0 Å². The Labute approximate surface area is 108 Å². The maximum Gasteiger partial charge on any atom is 0.00103 e. The fourth-order valence-corrected chi connectivity index (χ4v) is 2.66. The van der Waals surface area contributed by atoms with E-state index in [2.05, 4.69) is 33.0 Å². The summed E-state index contributed by atoms with van der Waals surface area (Å²) in [5.74, 6) is 0.837. The van der Waals surface area contributed by atoms with Crippen LogP contribution in [0.5, 0.6) is 0 Å². The molecule has 0 radical (unpaired) electrons. The molecule has 0 saturated heterocycles. The van der Waals surface area contributed by atoms with Crippen LogP contribution in [0, 0.1) is 16.7 Å². The molecule has 0 atom stereocenters. The summed E-state index contributed by atoms with van der Waals surface area (Å²) in [5, 5.41) is 3.65. The first kappa shape index (κ1) is 15.0. The van der Waals surface area contributed by atoms with Gasteiger partial charge in [0.1, 0.15) is 0 Å². The van der Waals surface area contributed by atoms with Crippen molar-refractivity contribution in [3.63, 3.8) is 0 Å². The standard InChI is InChI=1S/C15H32N2/c1-13(2)15(7-8-15)12-17-11-5-6-14(3,4)9-10-16/h13,17H,5-12,16H2,1-4H3. The molecule has 1 aliphatic carbocycles. The third-order valence-corrected chi connectivity index (χ3v) is 4.62. The van der Waals surface area contributed by atoms with Crippen LogP contribution >= 0.6 is 0 Å². The van der Waals surface area contributed by atoms with Crippen LogP contribution in [-0.4, -0.2) is 19.6 Å². The molecule has 0 heterocycles. The molecule has 102 valence electrons. The first-order chi connectivity index (χ1) is 7.92. The van der Waals surface area contributed by atoms with Gasteiger partial charge in [-0.25, -0.2) is 0 Å². The lowest BCUT2D eigenvalue weighted by atomic mass is 9.84. The summed E-state index contributed by atoms with van der Waals surface area (Å²) in [5.41, 5.74) is 6.70. The van der Waals surface area contributed by atoms with Gasteiger partial charge in [0.05, 0.1) is 0 Å². The van der Waals surface area contributed by atoms with Crippen LogP contribution in [0.3, 0.4) is 0 Å². The lowest BCUT2D eigenvalue weighted by Crippen LogP contribution is -2.29. The van der Waals surface area contributed by atoms with E-state index in [1.807, 2.05) is 0 Å². The third-order valence-electron chi connectivity index (χ3n) is 4.62. The van der Waals surface area contributed by atoms with Crippen LogP contribution in [0.4, 0.5) is 0 Å². The highest BCUT2D eigenvalue weighted by atomic mass is 14.9. The van der Waals surface area contributed by atoms with Crippen molar-refractivity contribution in [1.29, 1.82) is 0 Å². The van der Waals surface area contributed by atoms with Gasteiger partial charge >= 0.3 is 0 Å². The van der Waals surface area contributed by atoms with Gasteiger partial charge in [0.2, 0.25) is 0 Å². The van der Waals surface area contributed by atoms with E-state index in [1.165, 1.54) is 38.8 Å². The average molecular weight is 240 g/mol. The maximum atomic E-state index is 5.63. The van der Waals surface area contributed by atoms with Gasteiger partial charge in [-0.3, -0.25) is 0 Å². The van der Waals surface area contributed by atoms with Crippen molar-refractivity contribution >= 4 is 0 Å². The SMILES string of the molecule is CC(C)C1(CNCCCC(C)(C)CCN)CC1. The summed E-state index contributed by atoms with van der Waals surface area (Å²) in [6.45, 7) is 12.6. The summed E-state index contributed by atoms with van der Waals surface area (Å²) in [6, 6.07) is 0. The molecule has 0 aromatic rings. The van der Waals surface area contributed by atoms with Gasteiger partial charge in [0.25, 0.3) is 0 Å². The fraction of sp³-hybridized carbons (Fsp3) is 1.00. The number of hydrogen-bond acceptors (Lipinski definition) is 2. The number of nitrogens with one attached hydrogen (secondary N) is 1. The highest BCUT2D eigenvalue weighted by Gasteiger charge is 2.44. The van der Waals surface area contributed by atoms with Crippen molar-refractivity contribution in [3.05, 3.63) is 0 Å². The van der Waals surface area contributed by atoms with Gasteiger partial charge in [0.15, 0.2) is 0 Å². The lowest BCUT2D eigenvalue weighted by molar-refractivity contribution is 0.293. The first-order valence-corrected chi connectivity index (χ1v) is 7.33. The quantitative estimate of drug-likeness (QED) is 0.608. The molecule has 3 N–H and O–H groups in total. The molecule has 1 aliphatic rings. The molecular weight excluding hydrogens is 208 g/mol. The minimum absolute atomic E-state index is 0.422. The molecule has 1 rings (SSSR count). The van der Waals surface area contributed by atoms with E-state index in [4.69, 9.17) is 5.73 Å². The third kappa shape index (κ3) is 4.97. The Bertz CT molecular complexity index is 217. The zero-order valence-electron chi connectivity index (χ0n) is 12.3. The molecule has 0 spiro atoms. The zero-order valence-corrected chi connectivity index (χ0v) is 12.3. The van der Waals surface area contributed by atoms with E-state index in [-0.39, 0.29) is 0 Å². The summed E-state index contributed by atoms with van der Waals surface area (Å²) in [4.78, 5) is 0. The Morgan fingerprint density at radius 1 is 1.24 bits per heavy atom. The van der Waals surface area contributed by atoms with Crippen molar-refractivity contribution in [2.75, 3.05) is 19.6 Å². The molecule has 0 aromatic carbocycles. The molecule has 0 aliphatic heterocycles. The van der Waals surface area contributed by atoms with Gasteiger partial charge < -0.3 is 11.1 Å². The van der Waals surface area contributed by atoms with Crippen LogP contribution < -0.4 is 11.1 Å². The molecule has 1 fully saturated rings. The van der Waals surface area contributed by atoms with E-state index in [9.17, 15) is 0 Å². The van der Waals surface area contributed by atoms with E-state index in [1.54, 1.807) is 0 Å². The molecule has 0 bridgehead atoms. The predicted molar refractivity (Wildman–Crippen MR) is 76.1 cm³/mol.